The smallest absolute Gasteiger partial charge is 0.407 e. The highest BCUT2D eigenvalue weighted by atomic mass is 19.3. The summed E-state index contributed by atoms with van der Waals surface area (Å²) in [5, 5.41) is 10.9. The molecule has 18 heavy (non-hydrogen) atoms. The average Bonchev–Trinajstić information content (AvgIpc) is 2.75. The van der Waals surface area contributed by atoms with Crippen LogP contribution in [0.5, 0.6) is 0 Å². The summed E-state index contributed by atoms with van der Waals surface area (Å²) in [5.41, 5.74) is -0.431. The highest BCUT2D eigenvalue weighted by molar-refractivity contribution is 5.65. The number of amides is 1. The van der Waals surface area contributed by atoms with Gasteiger partial charge < -0.3 is 9.63 Å². The number of aromatic amines is 1. The molecule has 2 unspecified atom stereocenters. The standard InChI is InChI=1S/C10H12F2N2O4/c11-9(12)6-3-5(1-2-14(6)10(16)17)7-4-8(15)13-18-7/h4-6,9H,1-3H2,(H,13,15)(H,16,17). The van der Waals surface area contributed by atoms with Gasteiger partial charge in [-0.05, 0) is 12.8 Å². The van der Waals surface area contributed by atoms with Crippen molar-refractivity contribution in [1.29, 1.82) is 0 Å². The monoisotopic (exact) mass is 262 g/mol. The Morgan fingerprint density at radius 2 is 2.33 bits per heavy atom. The van der Waals surface area contributed by atoms with E-state index in [-0.39, 0.29) is 18.9 Å². The zero-order chi connectivity index (χ0) is 13.3. The fraction of sp³-hybridized carbons (Fsp3) is 0.600. The maximum atomic E-state index is 12.8. The third kappa shape index (κ3) is 2.36. The molecule has 0 aromatic carbocycles. The first-order valence-corrected chi connectivity index (χ1v) is 5.45. The lowest BCUT2D eigenvalue weighted by Crippen LogP contribution is -2.48. The molecule has 2 heterocycles. The van der Waals surface area contributed by atoms with Crippen LogP contribution in [0.3, 0.4) is 0 Å². The molecule has 2 rings (SSSR count). The van der Waals surface area contributed by atoms with Gasteiger partial charge in [-0.3, -0.25) is 9.69 Å². The van der Waals surface area contributed by atoms with Gasteiger partial charge in [0.1, 0.15) is 5.76 Å². The van der Waals surface area contributed by atoms with E-state index in [1.807, 2.05) is 0 Å². The number of aromatic nitrogens is 1. The molecule has 1 amide bonds. The van der Waals surface area contributed by atoms with E-state index in [0.717, 1.165) is 4.90 Å². The molecule has 1 aromatic heterocycles. The topological polar surface area (TPSA) is 86.5 Å². The van der Waals surface area contributed by atoms with Gasteiger partial charge >= 0.3 is 6.09 Å². The summed E-state index contributed by atoms with van der Waals surface area (Å²) in [6, 6.07) is -0.148. The van der Waals surface area contributed by atoms with Crippen LogP contribution < -0.4 is 5.56 Å². The predicted octanol–water partition coefficient (Wildman–Crippen LogP) is 1.46. The summed E-state index contributed by atoms with van der Waals surface area (Å²) in [7, 11) is 0. The van der Waals surface area contributed by atoms with Crippen LogP contribution in [0.1, 0.15) is 24.5 Å². The van der Waals surface area contributed by atoms with Crippen molar-refractivity contribution in [2.24, 2.45) is 0 Å². The first kappa shape index (κ1) is 12.6. The fourth-order valence-corrected chi connectivity index (χ4v) is 2.23. The lowest BCUT2D eigenvalue weighted by Gasteiger charge is -2.36. The lowest BCUT2D eigenvalue weighted by atomic mass is 9.89. The Morgan fingerprint density at radius 3 is 2.83 bits per heavy atom. The maximum Gasteiger partial charge on any atom is 0.407 e. The van der Waals surface area contributed by atoms with Crippen LogP contribution in [0.25, 0.3) is 0 Å². The molecule has 8 heteroatoms. The van der Waals surface area contributed by atoms with Crippen molar-refractivity contribution in [1.82, 2.24) is 10.1 Å². The molecule has 2 N–H and O–H groups in total. The van der Waals surface area contributed by atoms with Crippen LogP contribution in [0.15, 0.2) is 15.4 Å². The van der Waals surface area contributed by atoms with E-state index in [1.165, 1.54) is 6.07 Å². The van der Waals surface area contributed by atoms with E-state index < -0.39 is 24.1 Å². The number of nitrogens with zero attached hydrogens (tertiary/aromatic N) is 1. The number of hydrogen-bond donors (Lipinski definition) is 2. The summed E-state index contributed by atoms with van der Waals surface area (Å²) >= 11 is 0. The largest absolute Gasteiger partial charge is 0.465 e. The van der Waals surface area contributed by atoms with Crippen LogP contribution in [0.2, 0.25) is 0 Å². The van der Waals surface area contributed by atoms with E-state index in [2.05, 4.69) is 5.16 Å². The summed E-state index contributed by atoms with van der Waals surface area (Å²) in [6.45, 7) is 0.00387. The molecule has 6 nitrogen and oxygen atoms in total. The van der Waals surface area contributed by atoms with Gasteiger partial charge in [0, 0.05) is 18.5 Å². The molecule has 1 aliphatic heterocycles. The summed E-state index contributed by atoms with van der Waals surface area (Å²) in [5.74, 6) is -0.0609. The number of nitrogens with one attached hydrogen (secondary N) is 1. The van der Waals surface area contributed by atoms with Crippen molar-refractivity contribution in [3.05, 3.63) is 22.2 Å². The number of halogens is 2. The highest BCUT2D eigenvalue weighted by Gasteiger charge is 2.38. The number of H-pyrrole nitrogens is 1. The van der Waals surface area contributed by atoms with E-state index in [9.17, 15) is 18.4 Å². The van der Waals surface area contributed by atoms with Gasteiger partial charge in [0.15, 0.2) is 0 Å². The molecular weight excluding hydrogens is 250 g/mol. The molecule has 100 valence electrons. The quantitative estimate of drug-likeness (QED) is 0.844. The molecule has 0 aliphatic carbocycles. The van der Waals surface area contributed by atoms with Crippen molar-refractivity contribution in [3.8, 4) is 0 Å². The van der Waals surface area contributed by atoms with Crippen molar-refractivity contribution >= 4 is 6.09 Å². The Morgan fingerprint density at radius 1 is 1.61 bits per heavy atom. The molecule has 1 fully saturated rings. The van der Waals surface area contributed by atoms with E-state index in [4.69, 9.17) is 9.63 Å². The number of alkyl halides is 2. The Balaban J connectivity index is 2.15. The van der Waals surface area contributed by atoms with E-state index >= 15 is 0 Å². The molecule has 0 bridgehead atoms. The molecule has 0 saturated carbocycles. The van der Waals surface area contributed by atoms with Crippen molar-refractivity contribution < 1.29 is 23.2 Å². The van der Waals surface area contributed by atoms with Crippen molar-refractivity contribution in [2.45, 2.75) is 31.2 Å². The normalized spacial score (nSPS) is 24.5. The SMILES string of the molecule is O=C(O)N1CCC(c2cc(=O)[nH]o2)CC1C(F)F. The predicted molar refractivity (Wildman–Crippen MR) is 55.8 cm³/mol. The van der Waals surface area contributed by atoms with Crippen LogP contribution >= 0.6 is 0 Å². The minimum absolute atomic E-state index is 0.00387. The molecule has 1 aromatic rings. The minimum atomic E-state index is -2.76. The number of carboxylic acid groups (broad SMARTS) is 1. The number of piperidine rings is 1. The van der Waals surface area contributed by atoms with E-state index in [1.54, 1.807) is 0 Å². The Labute approximate surface area is 100 Å². The number of rotatable bonds is 2. The second-order valence-electron chi connectivity index (χ2n) is 4.21. The Kier molecular flexibility index (Phi) is 3.35. The minimum Gasteiger partial charge on any atom is -0.465 e. The zero-order valence-electron chi connectivity index (χ0n) is 9.31. The van der Waals surface area contributed by atoms with Gasteiger partial charge in [0.25, 0.3) is 12.0 Å². The first-order chi connectivity index (χ1) is 8.49. The van der Waals surface area contributed by atoms with Gasteiger partial charge in [-0.1, -0.05) is 0 Å². The number of hydrogen-bond acceptors (Lipinski definition) is 3. The molecule has 1 aliphatic rings. The second kappa shape index (κ2) is 4.79. The average molecular weight is 262 g/mol. The van der Waals surface area contributed by atoms with Gasteiger partial charge in [0.05, 0.1) is 6.04 Å². The highest BCUT2D eigenvalue weighted by Crippen LogP contribution is 2.33. The third-order valence-corrected chi connectivity index (χ3v) is 3.13. The second-order valence-corrected chi connectivity index (χ2v) is 4.21. The lowest BCUT2D eigenvalue weighted by molar-refractivity contribution is 0.00306. The summed E-state index contributed by atoms with van der Waals surface area (Å²) < 4.78 is 30.5. The third-order valence-electron chi connectivity index (χ3n) is 3.13. The zero-order valence-corrected chi connectivity index (χ0v) is 9.31. The number of likely N-dealkylation sites (tertiary alicyclic amines) is 1. The molecular formula is C10H12F2N2O4. The first-order valence-electron chi connectivity index (χ1n) is 5.45. The Bertz CT molecular complexity index is 484. The summed E-state index contributed by atoms with van der Waals surface area (Å²) in [4.78, 5) is 22.5. The van der Waals surface area contributed by atoms with Gasteiger partial charge in [0.2, 0.25) is 0 Å². The molecule has 2 atom stereocenters. The van der Waals surface area contributed by atoms with Crippen LogP contribution in [0, 0.1) is 0 Å². The fourth-order valence-electron chi connectivity index (χ4n) is 2.23. The molecule has 0 radical (unpaired) electrons. The summed E-state index contributed by atoms with van der Waals surface area (Å²) in [6.07, 6.45) is -3.80. The van der Waals surface area contributed by atoms with Gasteiger partial charge in [-0.2, -0.15) is 5.16 Å². The van der Waals surface area contributed by atoms with Gasteiger partial charge in [-0.25, -0.2) is 13.6 Å². The van der Waals surface area contributed by atoms with Gasteiger partial charge in [-0.15, -0.1) is 0 Å². The van der Waals surface area contributed by atoms with Crippen molar-refractivity contribution in [2.75, 3.05) is 6.54 Å². The van der Waals surface area contributed by atoms with Crippen LogP contribution in [0.4, 0.5) is 13.6 Å². The van der Waals surface area contributed by atoms with Crippen LogP contribution in [-0.4, -0.2) is 40.3 Å². The number of carbonyl (C=O) groups is 1. The van der Waals surface area contributed by atoms with Crippen molar-refractivity contribution in [3.63, 3.8) is 0 Å². The maximum absolute atomic E-state index is 12.8. The molecule has 1 saturated heterocycles. The molecule has 0 spiro atoms. The Hall–Kier alpha value is -1.86. The van der Waals surface area contributed by atoms with Crippen LogP contribution in [-0.2, 0) is 0 Å². The van der Waals surface area contributed by atoms with E-state index in [0.29, 0.717) is 12.2 Å².